The number of nitrogens with two attached hydrogens (primary N) is 1. The average Bonchev–Trinajstić information content (AvgIpc) is 2.37. The maximum atomic E-state index is 11.8. The van der Waals surface area contributed by atoms with E-state index >= 15 is 0 Å². The highest BCUT2D eigenvalue weighted by Gasteiger charge is 2.32. The monoisotopic (exact) mass is 330 g/mol. The number of carbonyl (C=O) groups excluding carboxylic acids is 1. The zero-order valence-corrected chi connectivity index (χ0v) is 13.5. The van der Waals surface area contributed by atoms with Crippen molar-refractivity contribution >= 4 is 40.9 Å². The van der Waals surface area contributed by atoms with E-state index in [0.717, 1.165) is 0 Å². The average molecular weight is 331 g/mol. The first kappa shape index (κ1) is 17.8. The second-order valence-electron chi connectivity index (χ2n) is 5.08. The lowest BCUT2D eigenvalue weighted by molar-refractivity contribution is -0.139. The summed E-state index contributed by atoms with van der Waals surface area (Å²) in [6.07, 6.45) is 0.271. The molecule has 116 valence electrons. The van der Waals surface area contributed by atoms with Gasteiger partial charge in [-0.2, -0.15) is 11.8 Å². The fourth-order valence-electron chi connectivity index (χ4n) is 1.58. The van der Waals surface area contributed by atoms with Crippen LogP contribution in [0, 0.1) is 0 Å². The molecule has 4 N–H and O–H groups in total. The fraction of sp³-hybridized carbons (Fsp3) is 0.429. The van der Waals surface area contributed by atoms with Crippen molar-refractivity contribution in [1.29, 1.82) is 0 Å². The molecule has 21 heavy (non-hydrogen) atoms. The topological polar surface area (TPSA) is 92.4 Å². The number of thioether (sulfide) groups is 1. The Morgan fingerprint density at radius 1 is 1.48 bits per heavy atom. The maximum absolute atomic E-state index is 11.8. The number of hydrogen-bond acceptors (Lipinski definition) is 4. The molecule has 0 aromatic heterocycles. The van der Waals surface area contributed by atoms with Crippen molar-refractivity contribution in [2.45, 2.75) is 31.1 Å². The number of hydrogen-bond donors (Lipinski definition) is 3. The lowest BCUT2D eigenvalue weighted by Crippen LogP contribution is -2.46. The lowest BCUT2D eigenvalue weighted by atomic mass is 10.1. The van der Waals surface area contributed by atoms with Crippen LogP contribution in [-0.4, -0.2) is 33.5 Å². The molecule has 0 fully saturated rings. The molecule has 0 bridgehead atoms. The highest BCUT2D eigenvalue weighted by Crippen LogP contribution is 2.28. The van der Waals surface area contributed by atoms with Gasteiger partial charge in [0.1, 0.15) is 6.04 Å². The predicted octanol–water partition coefficient (Wildman–Crippen LogP) is 2.59. The molecule has 0 spiro atoms. The lowest BCUT2D eigenvalue weighted by Gasteiger charge is -2.27. The molecule has 0 aliphatic rings. The molecule has 0 heterocycles. The van der Waals surface area contributed by atoms with E-state index in [1.165, 1.54) is 11.8 Å². The van der Waals surface area contributed by atoms with Crippen LogP contribution in [0.5, 0.6) is 0 Å². The van der Waals surface area contributed by atoms with Gasteiger partial charge in [0, 0.05) is 27.6 Å². The van der Waals surface area contributed by atoms with Crippen molar-refractivity contribution in [3.8, 4) is 0 Å². The summed E-state index contributed by atoms with van der Waals surface area (Å²) in [7, 11) is 0. The molecule has 0 unspecified atom stereocenters. The number of anilines is 1. The summed E-state index contributed by atoms with van der Waals surface area (Å²) in [6.45, 7) is 3.51. The van der Waals surface area contributed by atoms with E-state index in [4.69, 9.17) is 22.4 Å². The van der Waals surface area contributed by atoms with Crippen LogP contribution in [0.1, 0.15) is 20.3 Å². The van der Waals surface area contributed by atoms with Crippen LogP contribution < -0.4 is 11.1 Å². The van der Waals surface area contributed by atoms with E-state index in [-0.39, 0.29) is 12.3 Å². The van der Waals surface area contributed by atoms with Gasteiger partial charge in [0.15, 0.2) is 0 Å². The predicted molar refractivity (Wildman–Crippen MR) is 86.8 cm³/mol. The van der Waals surface area contributed by atoms with Crippen molar-refractivity contribution in [3.63, 3.8) is 0 Å². The third kappa shape index (κ3) is 5.95. The number of benzene rings is 1. The number of carboxylic acid groups (broad SMARTS) is 1. The molecule has 1 rings (SSSR count). The van der Waals surface area contributed by atoms with Gasteiger partial charge >= 0.3 is 5.97 Å². The smallest absolute Gasteiger partial charge is 0.321 e. The first-order valence-electron chi connectivity index (χ1n) is 6.40. The van der Waals surface area contributed by atoms with Crippen LogP contribution in [0.2, 0.25) is 5.02 Å². The van der Waals surface area contributed by atoms with E-state index in [0.29, 0.717) is 16.5 Å². The van der Waals surface area contributed by atoms with E-state index in [1.807, 2.05) is 0 Å². The van der Waals surface area contributed by atoms with Crippen molar-refractivity contribution in [1.82, 2.24) is 0 Å². The summed E-state index contributed by atoms with van der Waals surface area (Å²) in [6, 6.07) is 5.92. The van der Waals surface area contributed by atoms with Gasteiger partial charge in [0.05, 0.1) is 0 Å². The number of halogens is 1. The van der Waals surface area contributed by atoms with Crippen LogP contribution in [0.15, 0.2) is 24.3 Å². The summed E-state index contributed by atoms with van der Waals surface area (Å²) < 4.78 is -0.637. The van der Waals surface area contributed by atoms with Gasteiger partial charge in [0.2, 0.25) is 5.91 Å². The molecule has 1 atom stereocenters. The zero-order valence-electron chi connectivity index (χ0n) is 11.9. The van der Waals surface area contributed by atoms with Crippen LogP contribution in [0.25, 0.3) is 0 Å². The second-order valence-corrected chi connectivity index (χ2v) is 7.26. The van der Waals surface area contributed by atoms with Crippen molar-refractivity contribution in [2.75, 3.05) is 11.1 Å². The SMILES string of the molecule is CC(C)(SCCC(=O)Nc1cccc(Cl)c1)[C@@H](N)C(=O)O. The molecule has 5 nitrogen and oxygen atoms in total. The number of aliphatic carboxylic acids is 1. The summed E-state index contributed by atoms with van der Waals surface area (Å²) in [5.74, 6) is -0.708. The largest absolute Gasteiger partial charge is 0.480 e. The summed E-state index contributed by atoms with van der Waals surface area (Å²) in [4.78, 5) is 22.7. The number of carboxylic acids is 1. The van der Waals surface area contributed by atoms with E-state index < -0.39 is 16.8 Å². The molecule has 0 radical (unpaired) electrons. The van der Waals surface area contributed by atoms with Crippen LogP contribution >= 0.6 is 23.4 Å². The summed E-state index contributed by atoms with van der Waals surface area (Å²) >= 11 is 7.20. The third-order valence-electron chi connectivity index (χ3n) is 2.93. The van der Waals surface area contributed by atoms with E-state index in [2.05, 4.69) is 5.32 Å². The third-order valence-corrected chi connectivity index (χ3v) is 4.57. The molecule has 1 aromatic carbocycles. The zero-order chi connectivity index (χ0) is 16.0. The Balaban J connectivity index is 2.42. The molecule has 7 heteroatoms. The van der Waals surface area contributed by atoms with Gasteiger partial charge in [-0.05, 0) is 32.0 Å². The minimum absolute atomic E-state index is 0.149. The second kappa shape index (κ2) is 7.68. The standard InChI is InChI=1S/C14H19ClN2O3S/c1-14(2,12(16)13(19)20)21-7-6-11(18)17-10-5-3-4-9(15)8-10/h3-5,8,12H,6-7,16H2,1-2H3,(H,17,18)(H,19,20)/t12-/m0/s1. The molecular formula is C14H19ClN2O3S. The Bertz CT molecular complexity index is 523. The highest BCUT2D eigenvalue weighted by atomic mass is 35.5. The van der Waals surface area contributed by atoms with Crippen LogP contribution in [-0.2, 0) is 9.59 Å². The Hall–Kier alpha value is -1.24. The molecule has 1 aromatic rings. The first-order chi connectivity index (χ1) is 9.72. The van der Waals surface area contributed by atoms with Crippen LogP contribution in [0.4, 0.5) is 5.69 Å². The maximum Gasteiger partial charge on any atom is 0.321 e. The minimum Gasteiger partial charge on any atom is -0.480 e. The summed E-state index contributed by atoms with van der Waals surface area (Å²) in [5.41, 5.74) is 6.25. The number of rotatable bonds is 7. The number of nitrogens with one attached hydrogen (secondary N) is 1. The van der Waals surface area contributed by atoms with Crippen molar-refractivity contribution in [3.05, 3.63) is 29.3 Å². The van der Waals surface area contributed by atoms with Gasteiger partial charge in [-0.1, -0.05) is 17.7 Å². The quantitative estimate of drug-likeness (QED) is 0.714. The fourth-order valence-corrected chi connectivity index (χ4v) is 2.87. The molecule has 0 saturated heterocycles. The normalized spacial score (nSPS) is 12.8. The number of carbonyl (C=O) groups is 2. The minimum atomic E-state index is -1.05. The van der Waals surface area contributed by atoms with Gasteiger partial charge in [-0.25, -0.2) is 0 Å². The molecule has 0 aliphatic carbocycles. The van der Waals surface area contributed by atoms with Gasteiger partial charge < -0.3 is 16.2 Å². The highest BCUT2D eigenvalue weighted by molar-refractivity contribution is 8.00. The van der Waals surface area contributed by atoms with Gasteiger partial charge in [0.25, 0.3) is 0 Å². The Morgan fingerprint density at radius 3 is 2.71 bits per heavy atom. The Labute approximate surface area is 133 Å². The molecule has 0 aliphatic heterocycles. The van der Waals surface area contributed by atoms with Gasteiger partial charge in [-0.15, -0.1) is 0 Å². The molecule has 1 amide bonds. The van der Waals surface area contributed by atoms with Crippen molar-refractivity contribution < 1.29 is 14.7 Å². The number of amides is 1. The van der Waals surface area contributed by atoms with Crippen molar-refractivity contribution in [2.24, 2.45) is 5.73 Å². The van der Waals surface area contributed by atoms with E-state index in [1.54, 1.807) is 38.1 Å². The van der Waals surface area contributed by atoms with E-state index in [9.17, 15) is 9.59 Å². The first-order valence-corrected chi connectivity index (χ1v) is 7.76. The van der Waals surface area contributed by atoms with Crippen LogP contribution in [0.3, 0.4) is 0 Å². The molecular weight excluding hydrogens is 312 g/mol. The Morgan fingerprint density at radius 2 is 2.14 bits per heavy atom. The molecule has 0 saturated carbocycles. The summed E-state index contributed by atoms with van der Waals surface area (Å²) in [5, 5.41) is 12.2. The van der Waals surface area contributed by atoms with Gasteiger partial charge in [-0.3, -0.25) is 9.59 Å². The Kier molecular flexibility index (Phi) is 6.51.